The molecule has 1 aromatic rings. The molecular formula is C8H9BrN2O2. The number of benzene rings is 1. The summed E-state index contributed by atoms with van der Waals surface area (Å²) in [7, 11) is 0. The van der Waals surface area contributed by atoms with E-state index in [0.717, 1.165) is 5.56 Å². The van der Waals surface area contributed by atoms with Crippen LogP contribution in [0, 0.1) is 6.92 Å². The van der Waals surface area contributed by atoms with Crippen LogP contribution in [0.5, 0.6) is 0 Å². The van der Waals surface area contributed by atoms with Gasteiger partial charge in [0.15, 0.2) is 0 Å². The van der Waals surface area contributed by atoms with Crippen LogP contribution in [-0.2, 0) is 0 Å². The number of anilines is 1. The Morgan fingerprint density at radius 3 is 2.77 bits per heavy atom. The summed E-state index contributed by atoms with van der Waals surface area (Å²) < 4.78 is 0.645. The van der Waals surface area contributed by atoms with Crippen LogP contribution in [0.3, 0.4) is 0 Å². The highest BCUT2D eigenvalue weighted by atomic mass is 79.9. The van der Waals surface area contributed by atoms with E-state index in [1.807, 2.05) is 6.92 Å². The van der Waals surface area contributed by atoms with Crippen molar-refractivity contribution in [2.24, 2.45) is 0 Å². The third kappa shape index (κ3) is 1.99. The molecular weight excluding hydrogens is 236 g/mol. The van der Waals surface area contributed by atoms with Crippen molar-refractivity contribution >= 4 is 27.5 Å². The van der Waals surface area contributed by atoms with Gasteiger partial charge < -0.3 is 5.73 Å². The lowest BCUT2D eigenvalue weighted by Gasteiger charge is -2.06. The Kier molecular flexibility index (Phi) is 2.90. The number of rotatable bonds is 1. The molecule has 4 N–H and O–H groups in total. The molecule has 1 amide bonds. The van der Waals surface area contributed by atoms with Crippen LogP contribution in [0.4, 0.5) is 5.69 Å². The summed E-state index contributed by atoms with van der Waals surface area (Å²) in [4.78, 5) is 11.1. The monoisotopic (exact) mass is 244 g/mol. The number of hydrogen-bond acceptors (Lipinski definition) is 3. The van der Waals surface area contributed by atoms with E-state index in [0.29, 0.717) is 10.2 Å². The van der Waals surface area contributed by atoms with Gasteiger partial charge in [-0.25, -0.2) is 5.48 Å². The van der Waals surface area contributed by atoms with Gasteiger partial charge in [-0.3, -0.25) is 10.0 Å². The predicted molar refractivity (Wildman–Crippen MR) is 52.5 cm³/mol. The molecule has 1 rings (SSSR count). The lowest BCUT2D eigenvalue weighted by molar-refractivity contribution is 0.0707. The van der Waals surface area contributed by atoms with Crippen molar-refractivity contribution < 1.29 is 10.0 Å². The zero-order valence-electron chi connectivity index (χ0n) is 6.97. The fourth-order valence-electron chi connectivity index (χ4n) is 1.00. The van der Waals surface area contributed by atoms with E-state index in [-0.39, 0.29) is 5.56 Å². The minimum Gasteiger partial charge on any atom is -0.397 e. The van der Waals surface area contributed by atoms with E-state index in [2.05, 4.69) is 15.9 Å². The Hall–Kier alpha value is -1.07. The number of nitrogens with two attached hydrogens (primary N) is 1. The maximum absolute atomic E-state index is 11.1. The fourth-order valence-corrected chi connectivity index (χ4v) is 1.58. The molecule has 1 aromatic carbocycles. The molecule has 0 fully saturated rings. The Balaban J connectivity index is 3.28. The minimum absolute atomic E-state index is 0.259. The number of hydrogen-bond donors (Lipinski definition) is 3. The molecule has 0 aromatic heterocycles. The number of aryl methyl sites for hydroxylation is 1. The number of halogens is 1. The second-order valence-corrected chi connectivity index (χ2v) is 3.50. The van der Waals surface area contributed by atoms with Crippen molar-refractivity contribution in [1.29, 1.82) is 0 Å². The first-order valence-corrected chi connectivity index (χ1v) is 4.35. The Morgan fingerprint density at radius 1 is 1.62 bits per heavy atom. The summed E-state index contributed by atoms with van der Waals surface area (Å²) in [5.74, 6) is -0.609. The molecule has 70 valence electrons. The van der Waals surface area contributed by atoms with E-state index in [9.17, 15) is 4.79 Å². The topological polar surface area (TPSA) is 75.4 Å². The van der Waals surface area contributed by atoms with E-state index in [1.54, 1.807) is 12.1 Å². The van der Waals surface area contributed by atoms with Crippen molar-refractivity contribution in [2.45, 2.75) is 6.92 Å². The van der Waals surface area contributed by atoms with Crippen LogP contribution in [0.25, 0.3) is 0 Å². The van der Waals surface area contributed by atoms with Gasteiger partial charge in [0, 0.05) is 4.47 Å². The zero-order chi connectivity index (χ0) is 10.0. The standard InChI is InChI=1S/C8H9BrN2O2/c1-4-2-5(8(12)11-13)7(10)6(9)3-4/h2-3,13H,10H2,1H3,(H,11,12). The van der Waals surface area contributed by atoms with Crippen LogP contribution in [0.15, 0.2) is 16.6 Å². The predicted octanol–water partition coefficient (Wildman–Crippen LogP) is 1.46. The largest absolute Gasteiger partial charge is 0.397 e. The smallest absolute Gasteiger partial charge is 0.276 e. The van der Waals surface area contributed by atoms with Crippen LogP contribution in [-0.4, -0.2) is 11.1 Å². The average molecular weight is 245 g/mol. The first-order valence-electron chi connectivity index (χ1n) is 3.56. The van der Waals surface area contributed by atoms with Crippen molar-refractivity contribution in [3.63, 3.8) is 0 Å². The van der Waals surface area contributed by atoms with Gasteiger partial charge in [0.25, 0.3) is 5.91 Å². The van der Waals surface area contributed by atoms with Gasteiger partial charge in [-0.15, -0.1) is 0 Å². The first kappa shape index (κ1) is 10.0. The number of nitrogens with one attached hydrogen (secondary N) is 1. The molecule has 0 bridgehead atoms. The van der Waals surface area contributed by atoms with Crippen molar-refractivity contribution in [2.75, 3.05) is 5.73 Å². The molecule has 0 aliphatic heterocycles. The quantitative estimate of drug-likeness (QED) is 0.398. The molecule has 0 spiro atoms. The molecule has 5 heteroatoms. The summed E-state index contributed by atoms with van der Waals surface area (Å²) in [6, 6.07) is 3.40. The highest BCUT2D eigenvalue weighted by Crippen LogP contribution is 2.24. The van der Waals surface area contributed by atoms with Gasteiger partial charge in [-0.2, -0.15) is 0 Å². The summed E-state index contributed by atoms with van der Waals surface area (Å²) in [5, 5.41) is 8.42. The van der Waals surface area contributed by atoms with Crippen LogP contribution >= 0.6 is 15.9 Å². The van der Waals surface area contributed by atoms with E-state index in [1.165, 1.54) is 5.48 Å². The summed E-state index contributed by atoms with van der Waals surface area (Å²) >= 11 is 3.21. The number of nitrogen functional groups attached to an aromatic ring is 1. The third-order valence-corrected chi connectivity index (χ3v) is 2.28. The normalized spacial score (nSPS) is 9.77. The molecule has 0 saturated heterocycles. The lowest BCUT2D eigenvalue weighted by atomic mass is 10.1. The van der Waals surface area contributed by atoms with Crippen molar-refractivity contribution in [1.82, 2.24) is 5.48 Å². The maximum atomic E-state index is 11.1. The Labute approximate surface area is 83.8 Å². The van der Waals surface area contributed by atoms with E-state index >= 15 is 0 Å². The second-order valence-electron chi connectivity index (χ2n) is 2.65. The summed E-state index contributed by atoms with van der Waals surface area (Å²) in [5.41, 5.74) is 8.61. The van der Waals surface area contributed by atoms with Gasteiger partial charge in [-0.05, 0) is 40.5 Å². The van der Waals surface area contributed by atoms with Crippen LogP contribution in [0.1, 0.15) is 15.9 Å². The molecule has 0 aliphatic rings. The molecule has 0 heterocycles. The minimum atomic E-state index is -0.609. The van der Waals surface area contributed by atoms with Crippen molar-refractivity contribution in [3.8, 4) is 0 Å². The van der Waals surface area contributed by atoms with Crippen LogP contribution < -0.4 is 11.2 Å². The maximum Gasteiger partial charge on any atom is 0.276 e. The number of carbonyl (C=O) groups is 1. The second kappa shape index (κ2) is 3.76. The van der Waals surface area contributed by atoms with E-state index < -0.39 is 5.91 Å². The lowest BCUT2D eigenvalue weighted by Crippen LogP contribution is -2.20. The highest BCUT2D eigenvalue weighted by molar-refractivity contribution is 9.10. The van der Waals surface area contributed by atoms with E-state index in [4.69, 9.17) is 10.9 Å². The molecule has 0 unspecified atom stereocenters. The van der Waals surface area contributed by atoms with Gasteiger partial charge in [0.2, 0.25) is 0 Å². The van der Waals surface area contributed by atoms with Crippen molar-refractivity contribution in [3.05, 3.63) is 27.7 Å². The van der Waals surface area contributed by atoms with Crippen LogP contribution in [0.2, 0.25) is 0 Å². The first-order chi connectivity index (χ1) is 6.06. The van der Waals surface area contributed by atoms with Gasteiger partial charge in [0.05, 0.1) is 11.3 Å². The van der Waals surface area contributed by atoms with Gasteiger partial charge in [-0.1, -0.05) is 0 Å². The molecule has 13 heavy (non-hydrogen) atoms. The molecule has 0 aliphatic carbocycles. The number of carbonyl (C=O) groups excluding carboxylic acids is 1. The van der Waals surface area contributed by atoms with Gasteiger partial charge >= 0.3 is 0 Å². The summed E-state index contributed by atoms with van der Waals surface area (Å²) in [6.45, 7) is 1.83. The fraction of sp³-hybridized carbons (Fsp3) is 0.125. The zero-order valence-corrected chi connectivity index (χ0v) is 8.55. The van der Waals surface area contributed by atoms with Gasteiger partial charge in [0.1, 0.15) is 0 Å². The average Bonchev–Trinajstić information content (AvgIpc) is 2.10. The number of amides is 1. The molecule has 0 saturated carbocycles. The third-order valence-electron chi connectivity index (χ3n) is 1.62. The summed E-state index contributed by atoms with van der Waals surface area (Å²) in [6.07, 6.45) is 0. The SMILES string of the molecule is Cc1cc(Br)c(N)c(C(=O)NO)c1. The highest BCUT2D eigenvalue weighted by Gasteiger charge is 2.11. The number of hydroxylamine groups is 1. The Bertz CT molecular complexity index is 352. The molecule has 0 atom stereocenters. The molecule has 4 nitrogen and oxygen atoms in total. The Morgan fingerprint density at radius 2 is 2.23 bits per heavy atom. The molecule has 0 radical (unpaired) electrons.